The van der Waals surface area contributed by atoms with Crippen molar-refractivity contribution in [3.63, 3.8) is 0 Å². The van der Waals surface area contributed by atoms with Gasteiger partial charge in [-0.2, -0.15) is 5.26 Å². The van der Waals surface area contributed by atoms with Crippen LogP contribution in [0.4, 0.5) is 11.4 Å². The lowest BCUT2D eigenvalue weighted by Gasteiger charge is -2.12. The number of ether oxygens (including phenoxy) is 1. The van der Waals surface area contributed by atoms with Crippen LogP contribution in [0.5, 0.6) is 5.75 Å². The number of nitrogens with zero attached hydrogens (tertiary/aromatic N) is 1. The van der Waals surface area contributed by atoms with Gasteiger partial charge in [0.15, 0.2) is 0 Å². The average molecular weight is 302 g/mol. The molecular weight excluding hydrogens is 290 g/mol. The van der Waals surface area contributed by atoms with Gasteiger partial charge in [0.1, 0.15) is 17.5 Å². The molecule has 5 nitrogen and oxygen atoms in total. The summed E-state index contributed by atoms with van der Waals surface area (Å²) in [6.07, 6.45) is 0. The summed E-state index contributed by atoms with van der Waals surface area (Å²) >= 11 is 5.80. The van der Waals surface area contributed by atoms with Crippen LogP contribution in [0.1, 0.15) is 15.9 Å². The number of nitrogens with two attached hydrogens (primary N) is 1. The summed E-state index contributed by atoms with van der Waals surface area (Å²) in [5.41, 5.74) is 6.91. The Labute approximate surface area is 126 Å². The topological polar surface area (TPSA) is 88.1 Å². The summed E-state index contributed by atoms with van der Waals surface area (Å²) in [4.78, 5) is 12.3. The fourth-order valence-electron chi connectivity index (χ4n) is 1.84. The number of benzene rings is 2. The first-order valence-corrected chi connectivity index (χ1v) is 6.38. The lowest BCUT2D eigenvalue weighted by molar-refractivity contribution is 0.102. The number of rotatable bonds is 3. The van der Waals surface area contributed by atoms with Crippen molar-refractivity contribution >= 4 is 28.9 Å². The summed E-state index contributed by atoms with van der Waals surface area (Å²) in [7, 11) is 1.46. The summed E-state index contributed by atoms with van der Waals surface area (Å²) in [5, 5.41) is 12.2. The molecule has 6 heteroatoms. The van der Waals surface area contributed by atoms with E-state index in [0.29, 0.717) is 22.0 Å². The van der Waals surface area contributed by atoms with Crippen molar-refractivity contribution in [3.05, 3.63) is 52.5 Å². The minimum Gasteiger partial charge on any atom is -0.495 e. The van der Waals surface area contributed by atoms with Gasteiger partial charge in [0.2, 0.25) is 0 Å². The molecule has 0 saturated carbocycles. The molecule has 3 N–H and O–H groups in total. The Morgan fingerprint density at radius 2 is 2.14 bits per heavy atom. The standard InChI is InChI=1S/C15H12ClN3O2/c1-21-13-4-2-3-9(8-17)14(13)19-15(20)11-6-5-10(16)7-12(11)18/h2-7H,18H2,1H3,(H,19,20). The van der Waals surface area contributed by atoms with Crippen molar-refractivity contribution in [1.29, 1.82) is 5.26 Å². The second-order valence-electron chi connectivity index (χ2n) is 4.18. The Morgan fingerprint density at radius 1 is 1.38 bits per heavy atom. The van der Waals surface area contributed by atoms with Gasteiger partial charge in [-0.15, -0.1) is 0 Å². The van der Waals surface area contributed by atoms with Crippen molar-refractivity contribution in [3.8, 4) is 11.8 Å². The molecule has 0 atom stereocenters. The molecule has 0 aliphatic carbocycles. The van der Waals surface area contributed by atoms with E-state index in [1.165, 1.54) is 19.2 Å². The highest BCUT2D eigenvalue weighted by atomic mass is 35.5. The maximum Gasteiger partial charge on any atom is 0.257 e. The third kappa shape index (κ3) is 3.07. The number of nitrogen functional groups attached to an aromatic ring is 1. The molecule has 0 radical (unpaired) electrons. The SMILES string of the molecule is COc1cccc(C#N)c1NC(=O)c1ccc(Cl)cc1N. The van der Waals surface area contributed by atoms with Gasteiger partial charge < -0.3 is 15.8 Å². The molecule has 21 heavy (non-hydrogen) atoms. The van der Waals surface area contributed by atoms with Crippen molar-refractivity contribution in [1.82, 2.24) is 0 Å². The molecular formula is C15H12ClN3O2. The number of halogens is 1. The van der Waals surface area contributed by atoms with E-state index in [4.69, 9.17) is 27.3 Å². The minimum atomic E-state index is -0.440. The zero-order chi connectivity index (χ0) is 15.4. The van der Waals surface area contributed by atoms with Crippen LogP contribution in [0.3, 0.4) is 0 Å². The molecule has 0 aromatic heterocycles. The van der Waals surface area contributed by atoms with Crippen LogP contribution >= 0.6 is 11.6 Å². The van der Waals surface area contributed by atoms with E-state index in [0.717, 1.165) is 0 Å². The molecule has 2 rings (SSSR count). The molecule has 2 aromatic rings. The van der Waals surface area contributed by atoms with Crippen molar-refractivity contribution < 1.29 is 9.53 Å². The van der Waals surface area contributed by atoms with Gasteiger partial charge in [0, 0.05) is 10.7 Å². The maximum absolute atomic E-state index is 12.3. The number of carbonyl (C=O) groups excluding carboxylic acids is 1. The fourth-order valence-corrected chi connectivity index (χ4v) is 2.03. The smallest absolute Gasteiger partial charge is 0.257 e. The number of para-hydroxylation sites is 1. The molecule has 0 unspecified atom stereocenters. The molecule has 2 aromatic carbocycles. The molecule has 106 valence electrons. The van der Waals surface area contributed by atoms with E-state index in [-0.39, 0.29) is 11.3 Å². The number of hydrogen-bond acceptors (Lipinski definition) is 4. The van der Waals surface area contributed by atoms with E-state index in [1.807, 2.05) is 6.07 Å². The summed E-state index contributed by atoms with van der Waals surface area (Å²) < 4.78 is 5.16. The predicted molar refractivity (Wildman–Crippen MR) is 81.5 cm³/mol. The van der Waals surface area contributed by atoms with Crippen LogP contribution in [-0.4, -0.2) is 13.0 Å². The van der Waals surface area contributed by atoms with Gasteiger partial charge in [0.05, 0.1) is 18.2 Å². The number of hydrogen-bond donors (Lipinski definition) is 2. The first-order chi connectivity index (χ1) is 10.1. The van der Waals surface area contributed by atoms with E-state index < -0.39 is 5.91 Å². The zero-order valence-electron chi connectivity index (χ0n) is 11.2. The van der Waals surface area contributed by atoms with Crippen LogP contribution < -0.4 is 15.8 Å². The van der Waals surface area contributed by atoms with E-state index >= 15 is 0 Å². The first-order valence-electron chi connectivity index (χ1n) is 6.00. The number of nitriles is 1. The van der Waals surface area contributed by atoms with Gasteiger partial charge in [0.25, 0.3) is 5.91 Å². The average Bonchev–Trinajstić information content (AvgIpc) is 2.47. The second-order valence-corrected chi connectivity index (χ2v) is 4.62. The lowest BCUT2D eigenvalue weighted by Crippen LogP contribution is -2.15. The molecule has 0 bridgehead atoms. The van der Waals surface area contributed by atoms with Crippen molar-refractivity contribution in [2.45, 2.75) is 0 Å². The Morgan fingerprint density at radius 3 is 2.76 bits per heavy atom. The van der Waals surface area contributed by atoms with Gasteiger partial charge in [-0.05, 0) is 30.3 Å². The first kappa shape index (κ1) is 14.7. The number of anilines is 2. The van der Waals surface area contributed by atoms with Crippen molar-refractivity contribution in [2.75, 3.05) is 18.2 Å². The number of nitrogens with one attached hydrogen (secondary N) is 1. The third-order valence-electron chi connectivity index (χ3n) is 2.86. The van der Waals surface area contributed by atoms with Crippen molar-refractivity contribution in [2.24, 2.45) is 0 Å². The predicted octanol–water partition coefficient (Wildman–Crippen LogP) is 3.05. The maximum atomic E-state index is 12.3. The van der Waals surface area contributed by atoms with Gasteiger partial charge in [-0.1, -0.05) is 17.7 Å². The van der Waals surface area contributed by atoms with Crippen LogP contribution in [0, 0.1) is 11.3 Å². The van der Waals surface area contributed by atoms with E-state index in [1.54, 1.807) is 24.3 Å². The number of methoxy groups -OCH3 is 1. The van der Waals surface area contributed by atoms with Gasteiger partial charge in [-0.3, -0.25) is 4.79 Å². The van der Waals surface area contributed by atoms with Gasteiger partial charge >= 0.3 is 0 Å². The summed E-state index contributed by atoms with van der Waals surface area (Å²) in [6.45, 7) is 0. The Kier molecular flexibility index (Phi) is 4.31. The van der Waals surface area contributed by atoms with Crippen LogP contribution in [0.25, 0.3) is 0 Å². The molecule has 1 amide bonds. The molecule has 0 fully saturated rings. The van der Waals surface area contributed by atoms with Crippen LogP contribution in [0.2, 0.25) is 5.02 Å². The largest absolute Gasteiger partial charge is 0.495 e. The summed E-state index contributed by atoms with van der Waals surface area (Å²) in [6, 6.07) is 11.5. The highest BCUT2D eigenvalue weighted by Gasteiger charge is 2.15. The van der Waals surface area contributed by atoms with E-state index in [2.05, 4.69) is 5.32 Å². The minimum absolute atomic E-state index is 0.258. The molecule has 0 heterocycles. The fraction of sp³-hybridized carbons (Fsp3) is 0.0667. The molecule has 0 saturated heterocycles. The molecule has 0 aliphatic heterocycles. The second kappa shape index (κ2) is 6.16. The quantitative estimate of drug-likeness (QED) is 0.853. The normalized spacial score (nSPS) is 9.76. The Hall–Kier alpha value is -2.71. The number of carbonyl (C=O) groups is 1. The third-order valence-corrected chi connectivity index (χ3v) is 3.10. The highest BCUT2D eigenvalue weighted by molar-refractivity contribution is 6.31. The van der Waals surface area contributed by atoms with Crippen LogP contribution in [0.15, 0.2) is 36.4 Å². The summed E-state index contributed by atoms with van der Waals surface area (Å²) in [5.74, 6) is -0.0416. The highest BCUT2D eigenvalue weighted by Crippen LogP contribution is 2.29. The van der Waals surface area contributed by atoms with E-state index in [9.17, 15) is 4.79 Å². The molecule has 0 aliphatic rings. The number of amides is 1. The van der Waals surface area contributed by atoms with Crippen LogP contribution in [-0.2, 0) is 0 Å². The monoisotopic (exact) mass is 301 g/mol. The molecule has 0 spiro atoms. The zero-order valence-corrected chi connectivity index (χ0v) is 11.9. The Balaban J connectivity index is 2.38. The lowest BCUT2D eigenvalue weighted by atomic mass is 10.1. The van der Waals surface area contributed by atoms with Gasteiger partial charge in [-0.25, -0.2) is 0 Å². The Bertz CT molecular complexity index is 738.